The fraction of sp³-hybridized carbons (Fsp3) is 0.438. The minimum Gasteiger partial charge on any atom is -0.321 e. The van der Waals surface area contributed by atoms with Crippen LogP contribution in [0.15, 0.2) is 35.4 Å². The van der Waals surface area contributed by atoms with Crippen LogP contribution in [0.1, 0.15) is 36.3 Å². The molecule has 0 atom stereocenters. The molecule has 1 aliphatic heterocycles. The molecule has 6 nitrogen and oxygen atoms in total. The number of piperidine rings is 1. The molecular formula is C16H21N5OS. The molecule has 0 aliphatic carbocycles. The van der Waals surface area contributed by atoms with E-state index < -0.39 is 0 Å². The van der Waals surface area contributed by atoms with Gasteiger partial charge in [-0.25, -0.2) is 4.68 Å². The molecule has 1 fully saturated rings. The standard InChI is InChI=1S/C16H21N5OS/c1-2-23-14-5-3-4-12(10-14)18-16(22)15-11-21(20-19-15)13-6-8-17-9-7-13/h3-5,10-11,13,17H,2,6-9H2,1H3,(H,18,22). The number of amides is 1. The van der Waals surface area contributed by atoms with E-state index in [4.69, 9.17) is 0 Å². The maximum atomic E-state index is 12.3. The number of hydrogen-bond acceptors (Lipinski definition) is 5. The first-order chi connectivity index (χ1) is 11.3. The summed E-state index contributed by atoms with van der Waals surface area (Å²) in [6.07, 6.45) is 3.78. The lowest BCUT2D eigenvalue weighted by molar-refractivity contribution is 0.102. The zero-order valence-corrected chi connectivity index (χ0v) is 14.0. The zero-order chi connectivity index (χ0) is 16.1. The number of nitrogens with one attached hydrogen (secondary N) is 2. The lowest BCUT2D eigenvalue weighted by atomic mass is 10.1. The fourth-order valence-corrected chi connectivity index (χ4v) is 3.37. The van der Waals surface area contributed by atoms with Crippen molar-refractivity contribution < 1.29 is 4.79 Å². The van der Waals surface area contributed by atoms with Gasteiger partial charge in [0.25, 0.3) is 5.91 Å². The maximum absolute atomic E-state index is 12.3. The zero-order valence-electron chi connectivity index (χ0n) is 13.2. The van der Waals surface area contributed by atoms with Gasteiger partial charge in [0, 0.05) is 10.6 Å². The van der Waals surface area contributed by atoms with Gasteiger partial charge in [-0.2, -0.15) is 0 Å². The van der Waals surface area contributed by atoms with Crippen LogP contribution in [0.5, 0.6) is 0 Å². The molecule has 23 heavy (non-hydrogen) atoms. The number of benzene rings is 1. The van der Waals surface area contributed by atoms with E-state index in [2.05, 4.69) is 27.9 Å². The van der Waals surface area contributed by atoms with Crippen molar-refractivity contribution >= 4 is 23.4 Å². The molecular weight excluding hydrogens is 310 g/mol. The molecule has 0 radical (unpaired) electrons. The van der Waals surface area contributed by atoms with Gasteiger partial charge in [0.2, 0.25) is 0 Å². The third kappa shape index (κ3) is 4.11. The second-order valence-corrected chi connectivity index (χ2v) is 6.82. The highest BCUT2D eigenvalue weighted by molar-refractivity contribution is 7.99. The topological polar surface area (TPSA) is 71.8 Å². The Hall–Kier alpha value is -1.86. The fourth-order valence-electron chi connectivity index (χ4n) is 2.66. The van der Waals surface area contributed by atoms with E-state index >= 15 is 0 Å². The molecule has 2 heterocycles. The molecule has 1 saturated heterocycles. The number of nitrogens with zero attached hydrogens (tertiary/aromatic N) is 3. The van der Waals surface area contributed by atoms with Crippen molar-refractivity contribution in [3.05, 3.63) is 36.2 Å². The summed E-state index contributed by atoms with van der Waals surface area (Å²) in [4.78, 5) is 13.5. The lowest BCUT2D eigenvalue weighted by Gasteiger charge is -2.22. The average molecular weight is 331 g/mol. The Balaban J connectivity index is 1.66. The monoisotopic (exact) mass is 331 g/mol. The van der Waals surface area contributed by atoms with Crippen molar-refractivity contribution in [2.24, 2.45) is 0 Å². The Morgan fingerprint density at radius 1 is 1.43 bits per heavy atom. The van der Waals surface area contributed by atoms with Crippen LogP contribution in [-0.2, 0) is 0 Å². The maximum Gasteiger partial charge on any atom is 0.277 e. The Morgan fingerprint density at radius 3 is 3.04 bits per heavy atom. The van der Waals surface area contributed by atoms with Crippen LogP contribution < -0.4 is 10.6 Å². The van der Waals surface area contributed by atoms with Crippen LogP contribution in [0, 0.1) is 0 Å². The summed E-state index contributed by atoms with van der Waals surface area (Å²) >= 11 is 1.75. The molecule has 0 unspecified atom stereocenters. The number of hydrogen-bond donors (Lipinski definition) is 2. The molecule has 2 aromatic rings. The van der Waals surface area contributed by atoms with Gasteiger partial charge in [-0.15, -0.1) is 16.9 Å². The molecule has 122 valence electrons. The van der Waals surface area contributed by atoms with Gasteiger partial charge in [0.1, 0.15) is 0 Å². The molecule has 0 bridgehead atoms. The number of carbonyl (C=O) groups excluding carboxylic acids is 1. The van der Waals surface area contributed by atoms with Gasteiger partial charge in [0.15, 0.2) is 5.69 Å². The quantitative estimate of drug-likeness (QED) is 0.824. The summed E-state index contributed by atoms with van der Waals surface area (Å²) in [5, 5.41) is 14.4. The van der Waals surface area contributed by atoms with E-state index in [0.29, 0.717) is 11.7 Å². The highest BCUT2D eigenvalue weighted by atomic mass is 32.2. The smallest absolute Gasteiger partial charge is 0.277 e. The Bertz CT molecular complexity index is 666. The van der Waals surface area contributed by atoms with Crippen LogP contribution in [0.4, 0.5) is 5.69 Å². The minimum absolute atomic E-state index is 0.219. The SMILES string of the molecule is CCSc1cccc(NC(=O)c2cn(C3CCNCC3)nn2)c1. The number of anilines is 1. The first-order valence-electron chi connectivity index (χ1n) is 7.93. The Morgan fingerprint density at radius 2 is 2.26 bits per heavy atom. The number of thioether (sulfide) groups is 1. The third-order valence-electron chi connectivity index (χ3n) is 3.83. The van der Waals surface area contributed by atoms with Crippen LogP contribution in [0.3, 0.4) is 0 Å². The molecule has 1 aromatic heterocycles. The van der Waals surface area contributed by atoms with Gasteiger partial charge >= 0.3 is 0 Å². The van der Waals surface area contributed by atoms with E-state index in [-0.39, 0.29) is 5.91 Å². The van der Waals surface area contributed by atoms with Crippen LogP contribution in [0.25, 0.3) is 0 Å². The van der Waals surface area contributed by atoms with E-state index in [1.54, 1.807) is 18.0 Å². The summed E-state index contributed by atoms with van der Waals surface area (Å²) < 4.78 is 1.82. The number of aromatic nitrogens is 3. The van der Waals surface area contributed by atoms with Crippen molar-refractivity contribution in [3.63, 3.8) is 0 Å². The lowest BCUT2D eigenvalue weighted by Crippen LogP contribution is -2.29. The largest absolute Gasteiger partial charge is 0.321 e. The first kappa shape index (κ1) is 16.0. The van der Waals surface area contributed by atoms with Crippen molar-refractivity contribution in [1.82, 2.24) is 20.3 Å². The van der Waals surface area contributed by atoms with Crippen molar-refractivity contribution in [3.8, 4) is 0 Å². The third-order valence-corrected chi connectivity index (χ3v) is 4.70. The molecule has 2 N–H and O–H groups in total. The number of carbonyl (C=O) groups is 1. The highest BCUT2D eigenvalue weighted by Gasteiger charge is 2.18. The van der Waals surface area contributed by atoms with Crippen molar-refractivity contribution in [1.29, 1.82) is 0 Å². The van der Waals surface area contributed by atoms with Crippen LogP contribution in [0.2, 0.25) is 0 Å². The molecule has 7 heteroatoms. The Kier molecular flexibility index (Phi) is 5.30. The molecule has 1 aromatic carbocycles. The molecule has 1 aliphatic rings. The first-order valence-corrected chi connectivity index (χ1v) is 8.91. The van der Waals surface area contributed by atoms with E-state index in [9.17, 15) is 4.79 Å². The molecule has 3 rings (SSSR count). The average Bonchev–Trinajstić information content (AvgIpc) is 3.06. The van der Waals surface area contributed by atoms with E-state index in [1.807, 2.05) is 28.9 Å². The molecule has 0 saturated carbocycles. The van der Waals surface area contributed by atoms with Crippen LogP contribution in [-0.4, -0.2) is 39.7 Å². The second-order valence-electron chi connectivity index (χ2n) is 5.48. The van der Waals surface area contributed by atoms with Crippen molar-refractivity contribution in [2.45, 2.75) is 30.7 Å². The predicted molar refractivity (Wildman–Crippen MR) is 92.0 cm³/mol. The minimum atomic E-state index is -0.219. The Labute approximate surface area is 140 Å². The van der Waals surface area contributed by atoms with E-state index in [0.717, 1.165) is 42.3 Å². The normalized spacial score (nSPS) is 15.5. The number of rotatable bonds is 5. The summed E-state index contributed by atoms with van der Waals surface area (Å²) in [5.41, 5.74) is 1.14. The summed E-state index contributed by atoms with van der Waals surface area (Å²) in [6, 6.07) is 8.17. The van der Waals surface area contributed by atoms with Crippen molar-refractivity contribution in [2.75, 3.05) is 24.2 Å². The van der Waals surface area contributed by atoms with Gasteiger partial charge in [-0.05, 0) is 49.9 Å². The summed E-state index contributed by atoms with van der Waals surface area (Å²) in [5.74, 6) is 0.783. The van der Waals surface area contributed by atoms with Gasteiger partial charge in [-0.1, -0.05) is 18.2 Å². The summed E-state index contributed by atoms with van der Waals surface area (Å²) in [6.45, 7) is 4.07. The second kappa shape index (κ2) is 7.61. The van der Waals surface area contributed by atoms with Gasteiger partial charge in [0.05, 0.1) is 12.2 Å². The molecule has 1 amide bonds. The molecule has 0 spiro atoms. The van der Waals surface area contributed by atoms with E-state index in [1.165, 1.54) is 0 Å². The van der Waals surface area contributed by atoms with Gasteiger partial charge < -0.3 is 10.6 Å². The summed E-state index contributed by atoms with van der Waals surface area (Å²) in [7, 11) is 0. The highest BCUT2D eigenvalue weighted by Crippen LogP contribution is 2.22. The van der Waals surface area contributed by atoms with Crippen LogP contribution >= 0.6 is 11.8 Å². The van der Waals surface area contributed by atoms with Gasteiger partial charge in [-0.3, -0.25) is 4.79 Å². The predicted octanol–water partition coefficient (Wildman–Crippen LogP) is 2.57.